The summed E-state index contributed by atoms with van der Waals surface area (Å²) in [5.41, 5.74) is 2.96. The molecule has 1 unspecified atom stereocenters. The molecule has 0 radical (unpaired) electrons. The molecule has 0 saturated heterocycles. The van der Waals surface area contributed by atoms with Crippen molar-refractivity contribution in [2.45, 2.75) is 18.7 Å². The van der Waals surface area contributed by atoms with Crippen molar-refractivity contribution in [3.05, 3.63) is 58.2 Å². The molecule has 4 heteroatoms. The standard InChI is InChI=1S/C15H13ClN2S/c1-10-17-15(9-19-10)13(16)8-12-7-6-11-4-2-3-5-14(11)18-12/h2-7,9,13H,8H2,1H3. The van der Waals surface area contributed by atoms with Crippen LogP contribution in [0.4, 0.5) is 0 Å². The van der Waals surface area contributed by atoms with E-state index in [1.807, 2.05) is 36.6 Å². The number of hydrogen-bond donors (Lipinski definition) is 0. The van der Waals surface area contributed by atoms with E-state index < -0.39 is 0 Å². The molecule has 0 aliphatic rings. The molecule has 2 aromatic heterocycles. The van der Waals surface area contributed by atoms with Crippen molar-refractivity contribution < 1.29 is 0 Å². The first kappa shape index (κ1) is 12.6. The molecule has 1 aromatic carbocycles. The van der Waals surface area contributed by atoms with Crippen molar-refractivity contribution in [2.24, 2.45) is 0 Å². The number of thiazole rings is 1. The largest absolute Gasteiger partial charge is 0.253 e. The van der Waals surface area contributed by atoms with Crippen LogP contribution in [0, 0.1) is 6.92 Å². The van der Waals surface area contributed by atoms with Gasteiger partial charge in [-0.15, -0.1) is 22.9 Å². The second-order valence-electron chi connectivity index (χ2n) is 4.46. The third kappa shape index (κ3) is 2.77. The van der Waals surface area contributed by atoms with Crippen LogP contribution in [0.1, 0.15) is 21.8 Å². The summed E-state index contributed by atoms with van der Waals surface area (Å²) >= 11 is 8.04. The molecule has 0 aliphatic carbocycles. The van der Waals surface area contributed by atoms with Gasteiger partial charge in [-0.05, 0) is 19.1 Å². The minimum atomic E-state index is -0.112. The van der Waals surface area contributed by atoms with Crippen molar-refractivity contribution in [2.75, 3.05) is 0 Å². The highest BCUT2D eigenvalue weighted by atomic mass is 35.5. The molecule has 3 aromatic rings. The SMILES string of the molecule is Cc1nc(C(Cl)Cc2ccc3ccccc3n2)cs1. The average molecular weight is 289 g/mol. The summed E-state index contributed by atoms with van der Waals surface area (Å²) in [5.74, 6) is 0. The maximum absolute atomic E-state index is 6.41. The van der Waals surface area contributed by atoms with Crippen molar-refractivity contribution >= 4 is 33.8 Å². The van der Waals surface area contributed by atoms with Crippen LogP contribution >= 0.6 is 22.9 Å². The van der Waals surface area contributed by atoms with Crippen LogP contribution < -0.4 is 0 Å². The highest BCUT2D eigenvalue weighted by Gasteiger charge is 2.13. The van der Waals surface area contributed by atoms with Gasteiger partial charge >= 0.3 is 0 Å². The van der Waals surface area contributed by atoms with Gasteiger partial charge < -0.3 is 0 Å². The number of pyridine rings is 1. The molecule has 1 atom stereocenters. The van der Waals surface area contributed by atoms with Gasteiger partial charge in [0.25, 0.3) is 0 Å². The predicted octanol–water partition coefficient (Wildman–Crippen LogP) is 4.52. The van der Waals surface area contributed by atoms with E-state index in [1.54, 1.807) is 11.3 Å². The lowest BCUT2D eigenvalue weighted by molar-refractivity contribution is 0.858. The zero-order valence-corrected chi connectivity index (χ0v) is 12.1. The molecule has 0 amide bonds. The van der Waals surface area contributed by atoms with Crippen molar-refractivity contribution in [3.63, 3.8) is 0 Å². The predicted molar refractivity (Wildman–Crippen MR) is 80.9 cm³/mol. The molecule has 0 spiro atoms. The highest BCUT2D eigenvalue weighted by Crippen LogP contribution is 2.26. The quantitative estimate of drug-likeness (QED) is 0.662. The molecule has 2 nitrogen and oxygen atoms in total. The first-order valence-electron chi connectivity index (χ1n) is 6.13. The molecule has 96 valence electrons. The number of hydrogen-bond acceptors (Lipinski definition) is 3. The van der Waals surface area contributed by atoms with E-state index >= 15 is 0 Å². The van der Waals surface area contributed by atoms with Gasteiger partial charge in [0.2, 0.25) is 0 Å². The monoisotopic (exact) mass is 288 g/mol. The maximum Gasteiger partial charge on any atom is 0.0897 e. The number of para-hydroxylation sites is 1. The highest BCUT2D eigenvalue weighted by molar-refractivity contribution is 7.09. The molecule has 0 saturated carbocycles. The zero-order valence-electron chi connectivity index (χ0n) is 10.5. The zero-order chi connectivity index (χ0) is 13.2. The van der Waals surface area contributed by atoms with Gasteiger partial charge in [-0.1, -0.05) is 24.3 Å². The molecule has 0 fully saturated rings. The Morgan fingerprint density at radius 2 is 2.00 bits per heavy atom. The van der Waals surface area contributed by atoms with Crippen LogP contribution in [-0.4, -0.2) is 9.97 Å². The van der Waals surface area contributed by atoms with E-state index in [-0.39, 0.29) is 5.38 Å². The van der Waals surface area contributed by atoms with E-state index in [1.165, 1.54) is 0 Å². The topological polar surface area (TPSA) is 25.8 Å². The van der Waals surface area contributed by atoms with Gasteiger partial charge in [0, 0.05) is 22.9 Å². The molecule has 0 N–H and O–H groups in total. The lowest BCUT2D eigenvalue weighted by Gasteiger charge is -2.07. The Balaban J connectivity index is 1.84. The second-order valence-corrected chi connectivity index (χ2v) is 6.05. The van der Waals surface area contributed by atoms with Gasteiger partial charge in [0.05, 0.1) is 21.6 Å². The minimum Gasteiger partial charge on any atom is -0.253 e. The van der Waals surface area contributed by atoms with Crippen LogP contribution in [0.15, 0.2) is 41.8 Å². The summed E-state index contributed by atoms with van der Waals surface area (Å²) in [6, 6.07) is 12.2. The van der Waals surface area contributed by atoms with Gasteiger partial charge in [-0.2, -0.15) is 0 Å². The molecule has 3 rings (SSSR count). The first-order valence-corrected chi connectivity index (χ1v) is 7.45. The fourth-order valence-corrected chi connectivity index (χ4v) is 3.05. The lowest BCUT2D eigenvalue weighted by Crippen LogP contribution is -1.99. The maximum atomic E-state index is 6.41. The molecule has 0 bridgehead atoms. The number of halogens is 1. The lowest BCUT2D eigenvalue weighted by atomic mass is 10.1. The van der Waals surface area contributed by atoms with Gasteiger partial charge in [0.1, 0.15) is 0 Å². The number of rotatable bonds is 3. The Hall–Kier alpha value is -1.45. The Morgan fingerprint density at radius 3 is 2.79 bits per heavy atom. The number of aryl methyl sites for hydroxylation is 1. The molecular weight excluding hydrogens is 276 g/mol. The Kier molecular flexibility index (Phi) is 3.49. The summed E-state index contributed by atoms with van der Waals surface area (Å²) in [6.45, 7) is 1.99. The normalized spacial score (nSPS) is 12.7. The van der Waals surface area contributed by atoms with Crippen LogP contribution in [0.5, 0.6) is 0 Å². The van der Waals surface area contributed by atoms with Gasteiger partial charge in [-0.3, -0.25) is 4.98 Å². The number of nitrogens with zero attached hydrogens (tertiary/aromatic N) is 2. The van der Waals surface area contributed by atoms with Crippen molar-refractivity contribution in [1.82, 2.24) is 9.97 Å². The number of benzene rings is 1. The van der Waals surface area contributed by atoms with E-state index in [4.69, 9.17) is 11.6 Å². The van der Waals surface area contributed by atoms with Crippen LogP contribution in [0.2, 0.25) is 0 Å². The number of fused-ring (bicyclic) bond motifs is 1. The third-order valence-corrected chi connectivity index (χ3v) is 4.17. The molecule has 2 heterocycles. The van der Waals surface area contributed by atoms with E-state index in [2.05, 4.69) is 22.1 Å². The van der Waals surface area contributed by atoms with Crippen molar-refractivity contribution in [3.8, 4) is 0 Å². The fourth-order valence-electron chi connectivity index (χ4n) is 2.03. The fraction of sp³-hybridized carbons (Fsp3) is 0.200. The Morgan fingerprint density at radius 1 is 1.16 bits per heavy atom. The molecule has 19 heavy (non-hydrogen) atoms. The van der Waals surface area contributed by atoms with Crippen LogP contribution in [-0.2, 0) is 6.42 Å². The third-order valence-electron chi connectivity index (χ3n) is 3.00. The Bertz CT molecular complexity index is 708. The van der Waals surface area contributed by atoms with E-state index in [0.717, 1.165) is 27.3 Å². The summed E-state index contributed by atoms with van der Waals surface area (Å²) in [6.07, 6.45) is 0.704. The number of alkyl halides is 1. The van der Waals surface area contributed by atoms with Crippen LogP contribution in [0.3, 0.4) is 0 Å². The first-order chi connectivity index (χ1) is 9.22. The number of aromatic nitrogens is 2. The van der Waals surface area contributed by atoms with Gasteiger partial charge in [-0.25, -0.2) is 4.98 Å². The molecule has 0 aliphatic heterocycles. The van der Waals surface area contributed by atoms with E-state index in [0.29, 0.717) is 6.42 Å². The van der Waals surface area contributed by atoms with Crippen LogP contribution in [0.25, 0.3) is 10.9 Å². The summed E-state index contributed by atoms with van der Waals surface area (Å²) < 4.78 is 0. The second kappa shape index (κ2) is 5.27. The Labute approximate surface area is 121 Å². The average Bonchev–Trinajstić information content (AvgIpc) is 2.85. The summed E-state index contributed by atoms with van der Waals surface area (Å²) in [4.78, 5) is 9.07. The summed E-state index contributed by atoms with van der Waals surface area (Å²) in [5, 5.41) is 4.11. The van der Waals surface area contributed by atoms with Crippen molar-refractivity contribution in [1.29, 1.82) is 0 Å². The summed E-state index contributed by atoms with van der Waals surface area (Å²) in [7, 11) is 0. The molecular formula is C15H13ClN2S. The van der Waals surface area contributed by atoms with E-state index in [9.17, 15) is 0 Å². The van der Waals surface area contributed by atoms with Gasteiger partial charge in [0.15, 0.2) is 0 Å². The smallest absolute Gasteiger partial charge is 0.0897 e. The minimum absolute atomic E-state index is 0.112.